The van der Waals surface area contributed by atoms with Crippen LogP contribution >= 0.6 is 0 Å². The van der Waals surface area contributed by atoms with E-state index >= 15 is 0 Å². The van der Waals surface area contributed by atoms with E-state index < -0.39 is 5.54 Å². The van der Waals surface area contributed by atoms with Gasteiger partial charge in [0.1, 0.15) is 5.54 Å². The molecule has 1 aromatic rings. The molecule has 0 spiro atoms. The minimum Gasteiger partial charge on any atom is -0.242 e. The Morgan fingerprint density at radius 1 is 1.12 bits per heavy atom. The topological polar surface area (TPSA) is 36.2 Å². The van der Waals surface area contributed by atoms with E-state index in [1.807, 2.05) is 6.07 Å². The normalized spacial score (nSPS) is 24.0. The van der Waals surface area contributed by atoms with E-state index in [0.717, 1.165) is 0 Å². The van der Waals surface area contributed by atoms with E-state index in [2.05, 4.69) is 90.0 Å². The molecular formula is C22H30N2. The number of rotatable bonds is 5. The first kappa shape index (κ1) is 18.4. The van der Waals surface area contributed by atoms with Crippen LogP contribution in [0.2, 0.25) is 0 Å². The fourth-order valence-electron chi connectivity index (χ4n) is 4.29. The van der Waals surface area contributed by atoms with Crippen molar-refractivity contribution in [2.75, 3.05) is 0 Å². The molecule has 0 aliphatic heterocycles. The zero-order valence-corrected chi connectivity index (χ0v) is 15.8. The lowest BCUT2D eigenvalue weighted by Gasteiger charge is -2.52. The van der Waals surface area contributed by atoms with E-state index in [1.165, 1.54) is 11.1 Å². The van der Waals surface area contributed by atoms with Crippen LogP contribution in [0.4, 0.5) is 0 Å². The summed E-state index contributed by atoms with van der Waals surface area (Å²) in [5.41, 5.74) is 1.79. The number of hydrogen-bond donors (Lipinski definition) is 1. The van der Waals surface area contributed by atoms with Gasteiger partial charge in [-0.1, -0.05) is 90.1 Å². The molecule has 1 N–H and O–H groups in total. The monoisotopic (exact) mass is 322 g/mol. The summed E-state index contributed by atoms with van der Waals surface area (Å²) in [6, 6.07) is 13.0. The van der Waals surface area contributed by atoms with Crippen molar-refractivity contribution in [1.29, 1.82) is 5.41 Å². The average Bonchev–Trinajstić information content (AvgIpc) is 2.55. The highest BCUT2D eigenvalue weighted by molar-refractivity contribution is 5.50. The molecule has 2 rings (SSSR count). The Bertz CT molecular complexity index is 673. The number of hydrogen-bond acceptors (Lipinski definition) is 2. The van der Waals surface area contributed by atoms with Crippen molar-refractivity contribution in [3.8, 4) is 0 Å². The summed E-state index contributed by atoms with van der Waals surface area (Å²) in [6.07, 6.45) is 6.63. The molecule has 0 saturated heterocycles. The smallest absolute Gasteiger partial charge is 0.109 e. The summed E-state index contributed by atoms with van der Waals surface area (Å²) in [6.45, 7) is 13.4. The van der Waals surface area contributed by atoms with Crippen LogP contribution in [-0.4, -0.2) is 11.5 Å². The van der Waals surface area contributed by atoms with Gasteiger partial charge in [0.2, 0.25) is 0 Å². The minimum absolute atomic E-state index is 0.230. The van der Waals surface area contributed by atoms with Crippen molar-refractivity contribution in [3.63, 3.8) is 0 Å². The summed E-state index contributed by atoms with van der Waals surface area (Å²) in [5, 5.41) is 7.70. The molecule has 0 bridgehead atoms. The van der Waals surface area contributed by atoms with Crippen molar-refractivity contribution in [2.24, 2.45) is 22.7 Å². The van der Waals surface area contributed by atoms with Crippen molar-refractivity contribution in [1.82, 2.24) is 0 Å². The Kier molecular flexibility index (Phi) is 5.30. The van der Waals surface area contributed by atoms with Crippen LogP contribution < -0.4 is 0 Å². The van der Waals surface area contributed by atoms with Crippen molar-refractivity contribution in [3.05, 3.63) is 59.7 Å². The molecule has 1 aliphatic rings. The minimum atomic E-state index is -0.493. The highest BCUT2D eigenvalue weighted by Crippen LogP contribution is 2.53. The van der Waals surface area contributed by atoms with E-state index in [0.29, 0.717) is 11.8 Å². The van der Waals surface area contributed by atoms with Gasteiger partial charge < -0.3 is 0 Å². The van der Waals surface area contributed by atoms with E-state index in [-0.39, 0.29) is 11.3 Å². The molecule has 0 heterocycles. The Hall–Kier alpha value is -1.92. The Morgan fingerprint density at radius 2 is 1.75 bits per heavy atom. The Balaban J connectivity index is 2.81. The summed E-state index contributed by atoms with van der Waals surface area (Å²) >= 11 is 0. The first-order chi connectivity index (χ1) is 11.3. The van der Waals surface area contributed by atoms with Gasteiger partial charge in [0.05, 0.1) is 6.01 Å². The molecule has 1 aliphatic carbocycles. The number of allylic oxidation sites excluding steroid dienone is 2. The predicted octanol–water partition coefficient (Wildman–Crippen LogP) is 5.88. The van der Waals surface area contributed by atoms with Gasteiger partial charge in [0.25, 0.3) is 0 Å². The first-order valence-corrected chi connectivity index (χ1v) is 8.87. The highest BCUT2D eigenvalue weighted by Gasteiger charge is 2.55. The Morgan fingerprint density at radius 3 is 2.25 bits per heavy atom. The fourth-order valence-corrected chi connectivity index (χ4v) is 4.29. The van der Waals surface area contributed by atoms with Crippen LogP contribution in [0.5, 0.6) is 0 Å². The molecule has 2 atom stereocenters. The van der Waals surface area contributed by atoms with Crippen molar-refractivity contribution >= 4 is 6.01 Å². The van der Waals surface area contributed by atoms with E-state index in [1.54, 1.807) is 0 Å². The quantitative estimate of drug-likeness (QED) is 0.657. The first-order valence-electron chi connectivity index (χ1n) is 8.87. The third-order valence-corrected chi connectivity index (χ3v) is 5.54. The van der Waals surface area contributed by atoms with Crippen LogP contribution in [0.3, 0.4) is 0 Å². The lowest BCUT2D eigenvalue weighted by Crippen LogP contribution is -2.56. The standard InChI is InChI=1S/C22H30N2/c1-16(2)19-13-10-14-20(17(3)4)22(19,24-15-23)21(5,6)18-11-8-7-9-12-18/h7-14,16-17,19,23H,1-6H3. The summed E-state index contributed by atoms with van der Waals surface area (Å²) < 4.78 is 0. The molecule has 0 radical (unpaired) electrons. The molecule has 0 saturated carbocycles. The number of nitrogens with one attached hydrogen (secondary N) is 1. The Labute approximate surface area is 146 Å². The van der Waals surface area contributed by atoms with Gasteiger partial charge in [-0.2, -0.15) is 0 Å². The molecule has 2 unspecified atom stereocenters. The third kappa shape index (κ3) is 2.80. The van der Waals surface area contributed by atoms with Crippen LogP contribution in [0.1, 0.15) is 47.1 Å². The second kappa shape index (κ2) is 6.91. The summed E-state index contributed by atoms with van der Waals surface area (Å²) in [5.74, 6) is 1.01. The maximum Gasteiger partial charge on any atom is 0.109 e. The van der Waals surface area contributed by atoms with Gasteiger partial charge in [-0.05, 0) is 23.0 Å². The molecule has 24 heavy (non-hydrogen) atoms. The maximum absolute atomic E-state index is 7.70. The largest absolute Gasteiger partial charge is 0.242 e. The van der Waals surface area contributed by atoms with Gasteiger partial charge in [0, 0.05) is 11.3 Å². The number of nitrogens with zero attached hydrogens (tertiary/aromatic N) is 1. The SMILES string of the molecule is CC(C)C1=CC=CC(C(C)C)C1(N=C=N)C(C)(C)c1ccccc1. The second-order valence-corrected chi connectivity index (χ2v) is 7.91. The predicted molar refractivity (Wildman–Crippen MR) is 103 cm³/mol. The molecule has 0 aromatic heterocycles. The number of benzene rings is 1. The van der Waals surface area contributed by atoms with Crippen LogP contribution in [0.15, 0.2) is 59.1 Å². The van der Waals surface area contributed by atoms with Gasteiger partial charge >= 0.3 is 0 Å². The molecule has 2 heteroatoms. The summed E-state index contributed by atoms with van der Waals surface area (Å²) in [7, 11) is 0. The second-order valence-electron chi connectivity index (χ2n) is 7.91. The zero-order chi connectivity index (χ0) is 18.0. The van der Waals surface area contributed by atoms with Gasteiger partial charge in [-0.15, -0.1) is 0 Å². The third-order valence-electron chi connectivity index (χ3n) is 5.54. The van der Waals surface area contributed by atoms with E-state index in [9.17, 15) is 0 Å². The van der Waals surface area contributed by atoms with Gasteiger partial charge in [-0.3, -0.25) is 0 Å². The summed E-state index contributed by atoms with van der Waals surface area (Å²) in [4.78, 5) is 4.77. The van der Waals surface area contributed by atoms with Gasteiger partial charge in [0.15, 0.2) is 0 Å². The molecular weight excluding hydrogens is 292 g/mol. The lowest BCUT2D eigenvalue weighted by molar-refractivity contribution is 0.182. The van der Waals surface area contributed by atoms with Crippen LogP contribution in [0.25, 0.3) is 0 Å². The van der Waals surface area contributed by atoms with Crippen LogP contribution in [-0.2, 0) is 5.41 Å². The fraction of sp³-hybridized carbons (Fsp3) is 0.500. The molecule has 0 fully saturated rings. The van der Waals surface area contributed by atoms with Gasteiger partial charge in [-0.25, -0.2) is 10.4 Å². The molecule has 128 valence electrons. The lowest BCUT2D eigenvalue weighted by atomic mass is 9.54. The highest BCUT2D eigenvalue weighted by atomic mass is 14.9. The molecule has 1 aromatic carbocycles. The molecule has 0 amide bonds. The maximum atomic E-state index is 7.70. The van der Waals surface area contributed by atoms with Crippen LogP contribution in [0, 0.1) is 23.2 Å². The van der Waals surface area contributed by atoms with E-state index in [4.69, 9.17) is 10.4 Å². The average molecular weight is 322 g/mol. The molecule has 2 nitrogen and oxygen atoms in total. The van der Waals surface area contributed by atoms with Crippen molar-refractivity contribution < 1.29 is 0 Å². The zero-order valence-electron chi connectivity index (χ0n) is 15.8. The number of aliphatic imine (C=N–C) groups is 1. The van der Waals surface area contributed by atoms with Crippen molar-refractivity contribution in [2.45, 2.75) is 52.5 Å².